The van der Waals surface area contributed by atoms with E-state index < -0.39 is 5.97 Å². The minimum absolute atomic E-state index is 0.211. The van der Waals surface area contributed by atoms with Crippen molar-refractivity contribution >= 4 is 5.97 Å². The van der Waals surface area contributed by atoms with Crippen LogP contribution in [0.25, 0.3) is 16.9 Å². The van der Waals surface area contributed by atoms with Gasteiger partial charge in [-0.3, -0.25) is 0 Å². The van der Waals surface area contributed by atoms with Gasteiger partial charge in [0, 0.05) is 5.56 Å². The highest BCUT2D eigenvalue weighted by Crippen LogP contribution is 2.26. The fourth-order valence-corrected chi connectivity index (χ4v) is 2.43. The molecule has 2 aromatic carbocycles. The molecule has 0 amide bonds. The summed E-state index contributed by atoms with van der Waals surface area (Å²) >= 11 is 0. The van der Waals surface area contributed by atoms with Crippen LogP contribution in [0.1, 0.15) is 21.6 Å². The molecule has 0 saturated carbocycles. The standard InChI is InChI=1S/C18H13N3O2/c1-12-16(11-19)17(13-5-3-2-4-6-13)20-21(12)15-9-7-14(8-10-15)18(22)23/h2-10H,1H3,(H,22,23). The summed E-state index contributed by atoms with van der Waals surface area (Å²) in [7, 11) is 0. The zero-order valence-corrected chi connectivity index (χ0v) is 12.4. The molecular weight excluding hydrogens is 290 g/mol. The van der Waals surface area contributed by atoms with Crippen LogP contribution in [0.15, 0.2) is 54.6 Å². The molecular formula is C18H13N3O2. The van der Waals surface area contributed by atoms with Crippen LogP contribution in [-0.2, 0) is 0 Å². The second-order valence-corrected chi connectivity index (χ2v) is 5.05. The lowest BCUT2D eigenvalue weighted by atomic mass is 10.1. The highest BCUT2D eigenvalue weighted by Gasteiger charge is 2.17. The first kappa shape index (κ1) is 14.5. The highest BCUT2D eigenvalue weighted by molar-refractivity contribution is 5.87. The summed E-state index contributed by atoms with van der Waals surface area (Å²) in [6.07, 6.45) is 0. The molecule has 0 aliphatic rings. The number of rotatable bonds is 3. The fraction of sp³-hybridized carbons (Fsp3) is 0.0556. The average molecular weight is 303 g/mol. The predicted molar refractivity (Wildman–Crippen MR) is 85.4 cm³/mol. The Balaban J connectivity index is 2.13. The Labute approximate surface area is 133 Å². The molecule has 5 nitrogen and oxygen atoms in total. The van der Waals surface area contributed by atoms with E-state index >= 15 is 0 Å². The van der Waals surface area contributed by atoms with Crippen molar-refractivity contribution in [2.24, 2.45) is 0 Å². The van der Waals surface area contributed by atoms with Crippen LogP contribution >= 0.6 is 0 Å². The predicted octanol–water partition coefficient (Wildman–Crippen LogP) is 3.42. The van der Waals surface area contributed by atoms with E-state index in [1.165, 1.54) is 12.1 Å². The quantitative estimate of drug-likeness (QED) is 0.804. The van der Waals surface area contributed by atoms with Crippen molar-refractivity contribution in [3.63, 3.8) is 0 Å². The van der Waals surface area contributed by atoms with Gasteiger partial charge < -0.3 is 5.11 Å². The third-order valence-electron chi connectivity index (χ3n) is 3.63. The smallest absolute Gasteiger partial charge is 0.335 e. The van der Waals surface area contributed by atoms with Gasteiger partial charge in [-0.25, -0.2) is 9.48 Å². The molecule has 23 heavy (non-hydrogen) atoms. The Morgan fingerprint density at radius 1 is 1.13 bits per heavy atom. The molecule has 0 fully saturated rings. The monoisotopic (exact) mass is 303 g/mol. The molecule has 0 aliphatic carbocycles. The summed E-state index contributed by atoms with van der Waals surface area (Å²) in [4.78, 5) is 10.9. The number of benzene rings is 2. The molecule has 3 rings (SSSR count). The highest BCUT2D eigenvalue weighted by atomic mass is 16.4. The number of aromatic carboxylic acids is 1. The van der Waals surface area contributed by atoms with Crippen molar-refractivity contribution in [2.75, 3.05) is 0 Å². The summed E-state index contributed by atoms with van der Waals surface area (Å²) in [5.41, 5.74) is 3.64. The van der Waals surface area contributed by atoms with E-state index in [1.54, 1.807) is 16.8 Å². The van der Waals surface area contributed by atoms with Crippen LogP contribution in [0, 0.1) is 18.3 Å². The third kappa shape index (κ3) is 2.58. The number of hydrogen-bond acceptors (Lipinski definition) is 3. The van der Waals surface area contributed by atoms with Crippen molar-refractivity contribution in [3.8, 4) is 23.0 Å². The maximum Gasteiger partial charge on any atom is 0.335 e. The van der Waals surface area contributed by atoms with Crippen molar-refractivity contribution in [3.05, 3.63) is 71.4 Å². The molecule has 5 heteroatoms. The normalized spacial score (nSPS) is 10.3. The van der Waals surface area contributed by atoms with Crippen LogP contribution in [0.2, 0.25) is 0 Å². The van der Waals surface area contributed by atoms with E-state index in [2.05, 4.69) is 11.2 Å². The van der Waals surface area contributed by atoms with Gasteiger partial charge in [-0.1, -0.05) is 30.3 Å². The van der Waals surface area contributed by atoms with Gasteiger partial charge >= 0.3 is 5.97 Å². The third-order valence-corrected chi connectivity index (χ3v) is 3.63. The van der Waals surface area contributed by atoms with Gasteiger partial charge in [-0.05, 0) is 31.2 Å². The van der Waals surface area contributed by atoms with E-state index in [0.717, 1.165) is 11.3 Å². The SMILES string of the molecule is Cc1c(C#N)c(-c2ccccc2)nn1-c1ccc(C(=O)O)cc1. The number of nitrogens with zero attached hydrogens (tertiary/aromatic N) is 3. The van der Waals surface area contributed by atoms with E-state index in [1.807, 2.05) is 37.3 Å². The van der Waals surface area contributed by atoms with Crippen molar-refractivity contribution in [1.29, 1.82) is 5.26 Å². The molecule has 0 saturated heterocycles. The second kappa shape index (κ2) is 5.78. The molecule has 1 heterocycles. The topological polar surface area (TPSA) is 78.9 Å². The first-order valence-electron chi connectivity index (χ1n) is 7.00. The van der Waals surface area contributed by atoms with Crippen molar-refractivity contribution in [2.45, 2.75) is 6.92 Å². The van der Waals surface area contributed by atoms with Crippen LogP contribution in [0.3, 0.4) is 0 Å². The minimum atomic E-state index is -0.976. The molecule has 1 aromatic heterocycles. The van der Waals surface area contributed by atoms with Crippen LogP contribution in [0.4, 0.5) is 0 Å². The lowest BCUT2D eigenvalue weighted by Crippen LogP contribution is -2.01. The lowest BCUT2D eigenvalue weighted by molar-refractivity contribution is 0.0697. The molecule has 0 bridgehead atoms. The van der Waals surface area contributed by atoms with E-state index in [4.69, 9.17) is 5.11 Å². The van der Waals surface area contributed by atoms with Gasteiger partial charge in [0.15, 0.2) is 0 Å². The van der Waals surface area contributed by atoms with Crippen LogP contribution in [0.5, 0.6) is 0 Å². The number of carbonyl (C=O) groups is 1. The van der Waals surface area contributed by atoms with Gasteiger partial charge in [-0.15, -0.1) is 0 Å². The Bertz CT molecular complexity index is 904. The van der Waals surface area contributed by atoms with E-state index in [-0.39, 0.29) is 5.56 Å². The first-order chi connectivity index (χ1) is 11.1. The Hall–Kier alpha value is -3.39. The Kier molecular flexibility index (Phi) is 3.65. The van der Waals surface area contributed by atoms with Gasteiger partial charge in [0.2, 0.25) is 0 Å². The fourth-order valence-electron chi connectivity index (χ4n) is 2.43. The molecule has 0 radical (unpaired) electrons. The van der Waals surface area contributed by atoms with E-state index in [0.29, 0.717) is 16.9 Å². The maximum atomic E-state index is 10.9. The van der Waals surface area contributed by atoms with Crippen molar-refractivity contribution < 1.29 is 9.90 Å². The zero-order chi connectivity index (χ0) is 16.4. The average Bonchev–Trinajstić information content (AvgIpc) is 2.92. The van der Waals surface area contributed by atoms with Gasteiger partial charge in [0.1, 0.15) is 17.3 Å². The van der Waals surface area contributed by atoms with Gasteiger partial charge in [0.05, 0.1) is 16.9 Å². The Morgan fingerprint density at radius 2 is 1.78 bits per heavy atom. The molecule has 112 valence electrons. The van der Waals surface area contributed by atoms with Crippen molar-refractivity contribution in [1.82, 2.24) is 9.78 Å². The van der Waals surface area contributed by atoms with E-state index in [9.17, 15) is 10.1 Å². The van der Waals surface area contributed by atoms with Crippen LogP contribution in [-0.4, -0.2) is 20.9 Å². The van der Waals surface area contributed by atoms with Gasteiger partial charge in [0.25, 0.3) is 0 Å². The maximum absolute atomic E-state index is 10.9. The summed E-state index contributed by atoms with van der Waals surface area (Å²) < 4.78 is 1.66. The van der Waals surface area contributed by atoms with Gasteiger partial charge in [-0.2, -0.15) is 10.4 Å². The molecule has 1 N–H and O–H groups in total. The minimum Gasteiger partial charge on any atom is -0.478 e. The number of nitriles is 1. The number of carboxylic acids is 1. The molecule has 0 aliphatic heterocycles. The molecule has 0 atom stereocenters. The number of carboxylic acid groups (broad SMARTS) is 1. The number of hydrogen-bond donors (Lipinski definition) is 1. The molecule has 0 spiro atoms. The lowest BCUT2D eigenvalue weighted by Gasteiger charge is -2.04. The molecule has 0 unspecified atom stereocenters. The summed E-state index contributed by atoms with van der Waals surface area (Å²) in [5.74, 6) is -0.976. The Morgan fingerprint density at radius 3 is 2.35 bits per heavy atom. The molecule has 3 aromatic rings. The summed E-state index contributed by atoms with van der Waals surface area (Å²) in [5, 5.41) is 23.0. The largest absolute Gasteiger partial charge is 0.478 e. The summed E-state index contributed by atoms with van der Waals surface area (Å²) in [6.45, 7) is 1.82. The zero-order valence-electron chi connectivity index (χ0n) is 12.4. The first-order valence-corrected chi connectivity index (χ1v) is 7.00. The summed E-state index contributed by atoms with van der Waals surface area (Å²) in [6, 6.07) is 18.1. The second-order valence-electron chi connectivity index (χ2n) is 5.05. The number of aromatic nitrogens is 2. The van der Waals surface area contributed by atoms with Crippen LogP contribution < -0.4 is 0 Å².